The molecule has 0 spiro atoms. The number of carbonyl (C=O) groups excluding carboxylic acids is 1. The van der Waals surface area contributed by atoms with Gasteiger partial charge in [0.25, 0.3) is 0 Å². The molecule has 0 amide bonds. The summed E-state index contributed by atoms with van der Waals surface area (Å²) in [5.41, 5.74) is 2.15. The number of hydrogen-bond acceptors (Lipinski definition) is 3. The molecular weight excluding hydrogens is 276 g/mol. The molecule has 22 heavy (non-hydrogen) atoms. The number of carbonyl (C=O) groups is 1. The van der Waals surface area contributed by atoms with Gasteiger partial charge in [-0.2, -0.15) is 0 Å². The highest BCUT2D eigenvalue weighted by molar-refractivity contribution is 5.80. The molecular formula is C19H22O3. The van der Waals surface area contributed by atoms with E-state index in [9.17, 15) is 4.79 Å². The van der Waals surface area contributed by atoms with Crippen LogP contribution in [0.1, 0.15) is 24.8 Å². The molecule has 0 saturated carbocycles. The normalized spacial score (nSPS) is 20.8. The molecule has 0 bridgehead atoms. The van der Waals surface area contributed by atoms with Gasteiger partial charge in [-0.1, -0.05) is 55.5 Å². The van der Waals surface area contributed by atoms with E-state index in [1.807, 2.05) is 48.6 Å². The predicted molar refractivity (Wildman–Crippen MR) is 87.3 cm³/mol. The lowest BCUT2D eigenvalue weighted by atomic mass is 9.92. The third-order valence-corrected chi connectivity index (χ3v) is 3.65. The van der Waals surface area contributed by atoms with Crippen LogP contribution < -0.4 is 0 Å². The van der Waals surface area contributed by atoms with Crippen LogP contribution in [0.15, 0.2) is 66.5 Å². The van der Waals surface area contributed by atoms with Crippen molar-refractivity contribution >= 4 is 5.97 Å². The summed E-state index contributed by atoms with van der Waals surface area (Å²) < 4.78 is 10.3. The van der Waals surface area contributed by atoms with Crippen molar-refractivity contribution in [3.63, 3.8) is 0 Å². The van der Waals surface area contributed by atoms with E-state index in [-0.39, 0.29) is 17.8 Å². The van der Waals surface area contributed by atoms with Crippen molar-refractivity contribution in [3.05, 3.63) is 72.0 Å². The summed E-state index contributed by atoms with van der Waals surface area (Å²) in [6.45, 7) is 2.71. The van der Waals surface area contributed by atoms with Crippen LogP contribution in [0.2, 0.25) is 0 Å². The first-order valence-electron chi connectivity index (χ1n) is 7.55. The van der Waals surface area contributed by atoms with Crippen LogP contribution in [-0.4, -0.2) is 19.7 Å². The van der Waals surface area contributed by atoms with Crippen molar-refractivity contribution in [2.24, 2.45) is 5.92 Å². The number of allylic oxidation sites excluding steroid dienone is 2. The summed E-state index contributed by atoms with van der Waals surface area (Å²) in [6, 6.07) is 9.66. The monoisotopic (exact) mass is 298 g/mol. The van der Waals surface area contributed by atoms with E-state index in [1.165, 1.54) is 12.7 Å². The first-order chi connectivity index (χ1) is 10.8. The van der Waals surface area contributed by atoms with Crippen LogP contribution in [0.5, 0.6) is 0 Å². The summed E-state index contributed by atoms with van der Waals surface area (Å²) >= 11 is 0. The Labute approximate surface area is 131 Å². The van der Waals surface area contributed by atoms with Gasteiger partial charge < -0.3 is 9.47 Å². The summed E-state index contributed by atoms with van der Waals surface area (Å²) in [5.74, 6) is -0.475. The van der Waals surface area contributed by atoms with Gasteiger partial charge in [0.05, 0.1) is 25.9 Å². The molecule has 2 rings (SSSR count). The van der Waals surface area contributed by atoms with Gasteiger partial charge in [0.15, 0.2) is 0 Å². The maximum Gasteiger partial charge on any atom is 0.317 e. The van der Waals surface area contributed by atoms with E-state index in [0.29, 0.717) is 6.61 Å². The fraction of sp³-hybridized carbons (Fsp3) is 0.316. The minimum Gasteiger partial charge on any atom is -0.500 e. The minimum atomic E-state index is -0.389. The quantitative estimate of drug-likeness (QED) is 0.609. The highest BCUT2D eigenvalue weighted by Gasteiger charge is 2.20. The maximum atomic E-state index is 12.1. The second-order valence-electron chi connectivity index (χ2n) is 5.15. The molecule has 3 nitrogen and oxygen atoms in total. The van der Waals surface area contributed by atoms with Gasteiger partial charge in [0.1, 0.15) is 0 Å². The molecule has 0 N–H and O–H groups in total. The molecule has 3 heteroatoms. The Balaban J connectivity index is 2.21. The molecule has 0 radical (unpaired) electrons. The third kappa shape index (κ3) is 4.10. The molecule has 0 aliphatic carbocycles. The lowest BCUT2D eigenvalue weighted by molar-refractivity contribution is -0.141. The molecule has 0 unspecified atom stereocenters. The van der Waals surface area contributed by atoms with Crippen molar-refractivity contribution in [2.75, 3.05) is 13.7 Å². The molecule has 2 atom stereocenters. The SMILES string of the molecule is CC/C=C1/C=COC[C@@H]1/C=C\[C@@H](C(=O)OC)c1ccccc1. The average Bonchev–Trinajstić information content (AvgIpc) is 2.57. The van der Waals surface area contributed by atoms with E-state index >= 15 is 0 Å². The number of hydrogen-bond donors (Lipinski definition) is 0. The van der Waals surface area contributed by atoms with E-state index < -0.39 is 0 Å². The molecule has 1 aliphatic rings. The van der Waals surface area contributed by atoms with Crippen LogP contribution in [-0.2, 0) is 14.3 Å². The molecule has 1 aromatic carbocycles. The highest BCUT2D eigenvalue weighted by Crippen LogP contribution is 2.24. The van der Waals surface area contributed by atoms with Gasteiger partial charge in [0, 0.05) is 5.92 Å². The number of rotatable bonds is 5. The smallest absolute Gasteiger partial charge is 0.317 e. The molecule has 1 aromatic rings. The first-order valence-corrected chi connectivity index (χ1v) is 7.55. The van der Waals surface area contributed by atoms with Crippen molar-refractivity contribution < 1.29 is 14.3 Å². The van der Waals surface area contributed by atoms with Crippen molar-refractivity contribution in [2.45, 2.75) is 19.3 Å². The van der Waals surface area contributed by atoms with Gasteiger partial charge in [-0.3, -0.25) is 4.79 Å². The zero-order valence-corrected chi connectivity index (χ0v) is 13.1. The van der Waals surface area contributed by atoms with E-state index in [1.54, 1.807) is 6.26 Å². The van der Waals surface area contributed by atoms with Gasteiger partial charge in [0.2, 0.25) is 0 Å². The minimum absolute atomic E-state index is 0.167. The van der Waals surface area contributed by atoms with Gasteiger partial charge >= 0.3 is 5.97 Å². The topological polar surface area (TPSA) is 35.5 Å². The number of benzene rings is 1. The maximum absolute atomic E-state index is 12.1. The number of esters is 1. The van der Waals surface area contributed by atoms with Gasteiger partial charge in [-0.25, -0.2) is 0 Å². The fourth-order valence-corrected chi connectivity index (χ4v) is 2.49. The van der Waals surface area contributed by atoms with E-state index in [4.69, 9.17) is 9.47 Å². The molecule has 116 valence electrons. The largest absolute Gasteiger partial charge is 0.500 e. The Morgan fingerprint density at radius 3 is 2.86 bits per heavy atom. The lowest BCUT2D eigenvalue weighted by Gasteiger charge is -2.19. The Morgan fingerprint density at radius 1 is 1.41 bits per heavy atom. The van der Waals surface area contributed by atoms with Crippen molar-refractivity contribution in [3.8, 4) is 0 Å². The zero-order chi connectivity index (χ0) is 15.8. The van der Waals surface area contributed by atoms with Crippen LogP contribution in [0.4, 0.5) is 0 Å². The molecule has 0 saturated heterocycles. The second-order valence-corrected chi connectivity index (χ2v) is 5.15. The Morgan fingerprint density at radius 2 is 2.18 bits per heavy atom. The lowest BCUT2D eigenvalue weighted by Crippen LogP contribution is -2.15. The number of ether oxygens (including phenoxy) is 2. The Bertz CT molecular complexity index is 570. The summed E-state index contributed by atoms with van der Waals surface area (Å²) in [6.07, 6.45) is 10.8. The molecule has 0 fully saturated rings. The summed E-state index contributed by atoms with van der Waals surface area (Å²) in [4.78, 5) is 12.1. The van der Waals surface area contributed by atoms with Crippen LogP contribution in [0, 0.1) is 5.92 Å². The average molecular weight is 298 g/mol. The fourth-order valence-electron chi connectivity index (χ4n) is 2.49. The Kier molecular flexibility index (Phi) is 6.01. The van der Waals surface area contributed by atoms with Gasteiger partial charge in [-0.15, -0.1) is 0 Å². The van der Waals surface area contributed by atoms with Crippen LogP contribution >= 0.6 is 0 Å². The van der Waals surface area contributed by atoms with E-state index in [2.05, 4.69) is 13.0 Å². The standard InChI is InChI=1S/C19H22O3/c1-3-7-15-12-13-22-14-17(15)10-11-18(19(20)21-2)16-8-5-4-6-9-16/h4-13,17-18H,3,14H2,1-2H3/b11-10-,15-7-/t17-,18+/m0/s1. The summed E-state index contributed by atoms with van der Waals surface area (Å²) in [5, 5.41) is 0. The summed E-state index contributed by atoms with van der Waals surface area (Å²) in [7, 11) is 1.42. The van der Waals surface area contributed by atoms with E-state index in [0.717, 1.165) is 12.0 Å². The van der Waals surface area contributed by atoms with Crippen LogP contribution in [0.3, 0.4) is 0 Å². The van der Waals surface area contributed by atoms with Crippen LogP contribution in [0.25, 0.3) is 0 Å². The molecule has 1 heterocycles. The third-order valence-electron chi connectivity index (χ3n) is 3.65. The molecule has 1 aliphatic heterocycles. The van der Waals surface area contributed by atoms with Gasteiger partial charge in [-0.05, 0) is 23.6 Å². The molecule has 0 aromatic heterocycles. The Hall–Kier alpha value is -2.29. The second kappa shape index (κ2) is 8.23. The zero-order valence-electron chi connectivity index (χ0n) is 13.1. The van der Waals surface area contributed by atoms with Crippen molar-refractivity contribution in [1.29, 1.82) is 0 Å². The first kappa shape index (κ1) is 16.1. The number of methoxy groups -OCH3 is 1. The highest BCUT2D eigenvalue weighted by atomic mass is 16.5. The predicted octanol–water partition coefficient (Wildman–Crippen LogP) is 4.00. The van der Waals surface area contributed by atoms with Crippen molar-refractivity contribution in [1.82, 2.24) is 0 Å².